The Morgan fingerprint density at radius 1 is 1.43 bits per heavy atom. The number of rotatable bonds is 4. The minimum Gasteiger partial charge on any atom is -0.379 e. The Hall–Kier alpha value is -1.41. The number of morpholine rings is 1. The third-order valence-corrected chi connectivity index (χ3v) is 3.33. The van der Waals surface area contributed by atoms with Gasteiger partial charge >= 0.3 is 6.18 Å². The Kier molecular flexibility index (Phi) is 5.00. The lowest BCUT2D eigenvalue weighted by atomic mass is 10.2. The van der Waals surface area contributed by atoms with Gasteiger partial charge in [0.05, 0.1) is 13.2 Å². The maximum Gasteiger partial charge on any atom is 0.433 e. The summed E-state index contributed by atoms with van der Waals surface area (Å²) in [7, 11) is 0. The fourth-order valence-electron chi connectivity index (χ4n) is 2.20. The number of aromatic nitrogens is 2. The van der Waals surface area contributed by atoms with E-state index in [1.807, 2.05) is 0 Å². The van der Waals surface area contributed by atoms with Crippen LogP contribution in [0.25, 0.3) is 0 Å². The first-order chi connectivity index (χ1) is 9.86. The average Bonchev–Trinajstić information content (AvgIpc) is 2.39. The van der Waals surface area contributed by atoms with Crippen LogP contribution in [0.4, 0.5) is 19.1 Å². The van der Waals surface area contributed by atoms with E-state index >= 15 is 0 Å². The number of nitrogens with one attached hydrogen (secondary N) is 1. The first kappa shape index (κ1) is 16.0. The van der Waals surface area contributed by atoms with Crippen LogP contribution in [0, 0.1) is 6.92 Å². The fraction of sp³-hybridized carbons (Fsp3) is 0.692. The summed E-state index contributed by atoms with van der Waals surface area (Å²) in [6.45, 7) is 6.97. The van der Waals surface area contributed by atoms with Gasteiger partial charge in [0.25, 0.3) is 0 Å². The average molecular weight is 304 g/mol. The second-order valence-corrected chi connectivity index (χ2v) is 5.10. The van der Waals surface area contributed by atoms with Gasteiger partial charge in [-0.3, -0.25) is 4.90 Å². The Morgan fingerprint density at radius 2 is 2.19 bits per heavy atom. The number of anilines is 1. The summed E-state index contributed by atoms with van der Waals surface area (Å²) in [6, 6.07) is 1.25. The molecule has 1 fully saturated rings. The number of halogens is 3. The van der Waals surface area contributed by atoms with E-state index in [1.165, 1.54) is 6.92 Å². The molecule has 0 saturated carbocycles. The fourth-order valence-corrected chi connectivity index (χ4v) is 2.20. The van der Waals surface area contributed by atoms with Gasteiger partial charge in [0, 0.05) is 31.4 Å². The predicted octanol–water partition coefficient (Wildman–Crippen LogP) is 1.94. The van der Waals surface area contributed by atoms with E-state index in [9.17, 15) is 13.2 Å². The maximum absolute atomic E-state index is 12.7. The summed E-state index contributed by atoms with van der Waals surface area (Å²) in [5.74, 6) is 0.0169. The third-order valence-electron chi connectivity index (χ3n) is 3.33. The van der Waals surface area contributed by atoms with Gasteiger partial charge in [0.2, 0.25) is 5.95 Å². The molecule has 0 aliphatic carbocycles. The van der Waals surface area contributed by atoms with Crippen LogP contribution in [0.5, 0.6) is 0 Å². The van der Waals surface area contributed by atoms with Gasteiger partial charge in [0.15, 0.2) is 0 Å². The summed E-state index contributed by atoms with van der Waals surface area (Å²) in [6.07, 6.45) is -4.46. The van der Waals surface area contributed by atoms with Gasteiger partial charge in [-0.2, -0.15) is 13.2 Å². The Bertz CT molecular complexity index is 481. The van der Waals surface area contributed by atoms with Crippen molar-refractivity contribution in [3.8, 4) is 0 Å². The molecule has 2 heterocycles. The van der Waals surface area contributed by atoms with Crippen LogP contribution in [-0.2, 0) is 10.9 Å². The molecule has 1 aromatic heterocycles. The van der Waals surface area contributed by atoms with Gasteiger partial charge in [-0.05, 0) is 19.9 Å². The van der Waals surface area contributed by atoms with Crippen molar-refractivity contribution in [1.29, 1.82) is 0 Å². The van der Waals surface area contributed by atoms with Gasteiger partial charge in [-0.25, -0.2) is 9.97 Å². The zero-order chi connectivity index (χ0) is 15.5. The Balaban J connectivity index is 1.92. The molecule has 2 rings (SSSR count). The van der Waals surface area contributed by atoms with Crippen LogP contribution in [0.15, 0.2) is 6.07 Å². The van der Waals surface area contributed by atoms with E-state index in [0.717, 1.165) is 12.6 Å². The van der Waals surface area contributed by atoms with E-state index < -0.39 is 11.9 Å². The second-order valence-electron chi connectivity index (χ2n) is 5.10. The number of aryl methyl sites for hydroxylation is 1. The molecule has 1 N–H and O–H groups in total. The van der Waals surface area contributed by atoms with E-state index in [2.05, 4.69) is 27.1 Å². The topological polar surface area (TPSA) is 50.3 Å². The molecule has 1 aliphatic rings. The molecule has 0 spiro atoms. The second kappa shape index (κ2) is 6.57. The highest BCUT2D eigenvalue weighted by molar-refractivity contribution is 5.29. The highest BCUT2D eigenvalue weighted by Crippen LogP contribution is 2.28. The maximum atomic E-state index is 12.7. The molecule has 1 aliphatic heterocycles. The van der Waals surface area contributed by atoms with Gasteiger partial charge in [-0.15, -0.1) is 0 Å². The van der Waals surface area contributed by atoms with E-state index in [-0.39, 0.29) is 5.95 Å². The van der Waals surface area contributed by atoms with Crippen molar-refractivity contribution < 1.29 is 17.9 Å². The molecule has 21 heavy (non-hydrogen) atoms. The Morgan fingerprint density at radius 3 is 2.86 bits per heavy atom. The van der Waals surface area contributed by atoms with Crippen LogP contribution in [0.1, 0.15) is 18.3 Å². The number of ether oxygens (including phenoxy) is 1. The van der Waals surface area contributed by atoms with Gasteiger partial charge in [0.1, 0.15) is 5.69 Å². The summed E-state index contributed by atoms with van der Waals surface area (Å²) in [4.78, 5) is 9.72. The molecule has 5 nitrogen and oxygen atoms in total. The van der Waals surface area contributed by atoms with Crippen molar-refractivity contribution in [2.24, 2.45) is 0 Å². The molecule has 1 unspecified atom stereocenters. The lowest BCUT2D eigenvalue weighted by Gasteiger charge is -2.33. The molecule has 0 amide bonds. The van der Waals surface area contributed by atoms with Crippen LogP contribution < -0.4 is 5.32 Å². The standard InChI is InChI=1S/C13H19F3N4O/c1-9-7-11(13(14,15)16)19-12(18-9)17-3-4-20-5-6-21-8-10(20)2/h7,10H,3-6,8H2,1-2H3,(H,17,18,19). The molecular weight excluding hydrogens is 285 g/mol. The third kappa shape index (κ3) is 4.53. The smallest absolute Gasteiger partial charge is 0.379 e. The van der Waals surface area contributed by atoms with Crippen molar-refractivity contribution in [2.75, 3.05) is 38.2 Å². The van der Waals surface area contributed by atoms with Crippen molar-refractivity contribution in [3.63, 3.8) is 0 Å². The van der Waals surface area contributed by atoms with Crippen molar-refractivity contribution >= 4 is 5.95 Å². The number of nitrogens with zero attached hydrogens (tertiary/aromatic N) is 3. The molecule has 118 valence electrons. The highest BCUT2D eigenvalue weighted by Gasteiger charge is 2.33. The summed E-state index contributed by atoms with van der Waals surface area (Å²) < 4.78 is 43.3. The van der Waals surface area contributed by atoms with Crippen LogP contribution in [0.3, 0.4) is 0 Å². The van der Waals surface area contributed by atoms with E-state index in [1.54, 1.807) is 0 Å². The SMILES string of the molecule is Cc1cc(C(F)(F)F)nc(NCCN2CCOCC2C)n1. The zero-order valence-electron chi connectivity index (χ0n) is 12.1. The molecule has 1 atom stereocenters. The van der Waals surface area contributed by atoms with Crippen LogP contribution in [-0.4, -0.2) is 53.8 Å². The first-order valence-corrected chi connectivity index (χ1v) is 6.85. The molecule has 0 aromatic carbocycles. The van der Waals surface area contributed by atoms with Crippen molar-refractivity contribution in [1.82, 2.24) is 14.9 Å². The lowest BCUT2D eigenvalue weighted by Crippen LogP contribution is -2.45. The lowest BCUT2D eigenvalue weighted by molar-refractivity contribution is -0.141. The van der Waals surface area contributed by atoms with Crippen LogP contribution >= 0.6 is 0 Å². The van der Waals surface area contributed by atoms with E-state index in [4.69, 9.17) is 4.74 Å². The molecule has 0 bridgehead atoms. The van der Waals surface area contributed by atoms with Gasteiger partial charge in [-0.1, -0.05) is 0 Å². The summed E-state index contributed by atoms with van der Waals surface area (Å²) in [5.41, 5.74) is -0.628. The molecule has 1 aromatic rings. The molecular formula is C13H19F3N4O. The van der Waals surface area contributed by atoms with E-state index in [0.29, 0.717) is 38.0 Å². The number of hydrogen-bond donors (Lipinski definition) is 1. The molecule has 8 heteroatoms. The quantitative estimate of drug-likeness (QED) is 0.921. The minimum atomic E-state index is -4.46. The summed E-state index contributed by atoms with van der Waals surface area (Å²) >= 11 is 0. The van der Waals surface area contributed by atoms with Crippen molar-refractivity contribution in [3.05, 3.63) is 17.5 Å². The Labute approximate surface area is 121 Å². The summed E-state index contributed by atoms with van der Waals surface area (Å²) in [5, 5.41) is 2.86. The van der Waals surface area contributed by atoms with Crippen molar-refractivity contribution in [2.45, 2.75) is 26.1 Å². The zero-order valence-corrected chi connectivity index (χ0v) is 12.1. The molecule has 1 saturated heterocycles. The normalized spacial score (nSPS) is 20.5. The molecule has 0 radical (unpaired) electrons. The first-order valence-electron chi connectivity index (χ1n) is 6.85. The largest absolute Gasteiger partial charge is 0.433 e. The predicted molar refractivity (Wildman–Crippen MR) is 72.1 cm³/mol. The van der Waals surface area contributed by atoms with Crippen LogP contribution in [0.2, 0.25) is 0 Å². The number of hydrogen-bond acceptors (Lipinski definition) is 5. The minimum absolute atomic E-state index is 0.0169. The highest BCUT2D eigenvalue weighted by atomic mass is 19.4. The van der Waals surface area contributed by atoms with Gasteiger partial charge < -0.3 is 10.1 Å². The monoisotopic (exact) mass is 304 g/mol. The number of alkyl halides is 3.